The number of benzene rings is 3. The first-order valence-corrected chi connectivity index (χ1v) is 9.89. The average molecular weight is 403 g/mol. The second kappa shape index (κ2) is 9.74. The van der Waals surface area contributed by atoms with Gasteiger partial charge in [-0.25, -0.2) is 0 Å². The molecule has 3 N–H and O–H groups in total. The molecular formula is C25H25NO4. The Morgan fingerprint density at radius 2 is 1.53 bits per heavy atom. The second-order valence-electron chi connectivity index (χ2n) is 7.36. The van der Waals surface area contributed by atoms with Gasteiger partial charge in [0.05, 0.1) is 11.6 Å². The van der Waals surface area contributed by atoms with Gasteiger partial charge in [0.15, 0.2) is 0 Å². The molecule has 5 heteroatoms. The number of hydrogen-bond donors (Lipinski definition) is 3. The zero-order valence-corrected chi connectivity index (χ0v) is 16.8. The van der Waals surface area contributed by atoms with Gasteiger partial charge in [0.25, 0.3) is 0 Å². The molecule has 0 saturated heterocycles. The standard InChI is InChI=1S/C25H25NO4/c1-17(21-5-3-2-4-6-21)25(30)26-22-16-20(11-13-23(22)27)15-19-9-7-18(8-10-19)12-14-24(28)29/h2-11,13,16-17,27H,12,14-15H2,1H3,(H,26,30)(H,28,29). The van der Waals surface area contributed by atoms with Crippen molar-refractivity contribution in [2.45, 2.75) is 32.1 Å². The van der Waals surface area contributed by atoms with Crippen LogP contribution in [0.4, 0.5) is 5.69 Å². The van der Waals surface area contributed by atoms with Crippen molar-refractivity contribution < 1.29 is 19.8 Å². The summed E-state index contributed by atoms with van der Waals surface area (Å²) in [5.74, 6) is -1.31. The first-order valence-electron chi connectivity index (χ1n) is 9.89. The number of amides is 1. The van der Waals surface area contributed by atoms with Gasteiger partial charge >= 0.3 is 5.97 Å². The van der Waals surface area contributed by atoms with E-state index in [1.165, 1.54) is 0 Å². The molecule has 1 amide bonds. The topological polar surface area (TPSA) is 86.6 Å². The van der Waals surface area contributed by atoms with Crippen molar-refractivity contribution in [3.05, 3.63) is 95.1 Å². The molecule has 1 atom stereocenters. The summed E-state index contributed by atoms with van der Waals surface area (Å²) < 4.78 is 0. The van der Waals surface area contributed by atoms with E-state index in [1.54, 1.807) is 12.1 Å². The van der Waals surface area contributed by atoms with Gasteiger partial charge in [-0.1, -0.05) is 60.7 Å². The zero-order valence-electron chi connectivity index (χ0n) is 16.8. The van der Waals surface area contributed by atoms with Crippen LogP contribution >= 0.6 is 0 Å². The van der Waals surface area contributed by atoms with Gasteiger partial charge in [0, 0.05) is 6.42 Å². The number of carboxylic acid groups (broad SMARTS) is 1. The molecule has 0 bridgehead atoms. The molecule has 0 aliphatic carbocycles. The average Bonchev–Trinajstić information content (AvgIpc) is 2.75. The Labute approximate surface area is 176 Å². The molecule has 0 aliphatic heterocycles. The van der Waals surface area contributed by atoms with Crippen molar-refractivity contribution >= 4 is 17.6 Å². The number of phenols is 1. The van der Waals surface area contributed by atoms with E-state index in [4.69, 9.17) is 5.11 Å². The van der Waals surface area contributed by atoms with Gasteiger partial charge in [0.2, 0.25) is 5.91 Å². The maximum Gasteiger partial charge on any atom is 0.303 e. The fourth-order valence-corrected chi connectivity index (χ4v) is 3.24. The van der Waals surface area contributed by atoms with Crippen LogP contribution in [-0.4, -0.2) is 22.1 Å². The van der Waals surface area contributed by atoms with Crippen LogP contribution in [0.15, 0.2) is 72.8 Å². The van der Waals surface area contributed by atoms with Crippen molar-refractivity contribution in [1.82, 2.24) is 0 Å². The van der Waals surface area contributed by atoms with Crippen molar-refractivity contribution in [3.63, 3.8) is 0 Å². The van der Waals surface area contributed by atoms with E-state index in [9.17, 15) is 14.7 Å². The molecule has 5 nitrogen and oxygen atoms in total. The molecule has 154 valence electrons. The van der Waals surface area contributed by atoms with Crippen LogP contribution in [0.2, 0.25) is 0 Å². The van der Waals surface area contributed by atoms with Crippen molar-refractivity contribution in [3.8, 4) is 5.75 Å². The lowest BCUT2D eigenvalue weighted by Crippen LogP contribution is -2.19. The fourth-order valence-electron chi connectivity index (χ4n) is 3.24. The minimum Gasteiger partial charge on any atom is -0.506 e. The summed E-state index contributed by atoms with van der Waals surface area (Å²) in [4.78, 5) is 23.3. The number of aryl methyl sites for hydroxylation is 1. The smallest absolute Gasteiger partial charge is 0.303 e. The number of hydrogen-bond acceptors (Lipinski definition) is 3. The SMILES string of the molecule is CC(C(=O)Nc1cc(Cc2ccc(CCC(=O)O)cc2)ccc1O)c1ccccc1. The van der Waals surface area contributed by atoms with E-state index in [0.29, 0.717) is 18.5 Å². The van der Waals surface area contributed by atoms with Crippen LogP contribution in [-0.2, 0) is 22.4 Å². The number of carboxylic acids is 1. The second-order valence-corrected chi connectivity index (χ2v) is 7.36. The lowest BCUT2D eigenvalue weighted by Gasteiger charge is -2.14. The third kappa shape index (κ3) is 5.70. The molecule has 0 heterocycles. The van der Waals surface area contributed by atoms with Crippen LogP contribution in [0.25, 0.3) is 0 Å². The Balaban J connectivity index is 1.67. The number of aliphatic carboxylic acids is 1. The highest BCUT2D eigenvalue weighted by Crippen LogP contribution is 2.27. The Bertz CT molecular complexity index is 1010. The maximum atomic E-state index is 12.6. The van der Waals surface area contributed by atoms with Gasteiger partial charge in [-0.3, -0.25) is 9.59 Å². The summed E-state index contributed by atoms with van der Waals surface area (Å²) in [5.41, 5.74) is 4.30. The van der Waals surface area contributed by atoms with E-state index in [1.807, 2.05) is 67.6 Å². The Kier molecular flexibility index (Phi) is 6.86. The molecule has 0 spiro atoms. The lowest BCUT2D eigenvalue weighted by molar-refractivity contribution is -0.137. The summed E-state index contributed by atoms with van der Waals surface area (Å²) in [6.45, 7) is 1.83. The van der Waals surface area contributed by atoms with Crippen molar-refractivity contribution in [1.29, 1.82) is 0 Å². The van der Waals surface area contributed by atoms with E-state index in [0.717, 1.165) is 22.3 Å². The number of carbonyl (C=O) groups is 2. The molecule has 0 radical (unpaired) electrons. The Morgan fingerprint density at radius 1 is 0.900 bits per heavy atom. The molecule has 0 saturated carbocycles. The molecule has 3 aromatic carbocycles. The number of anilines is 1. The number of phenolic OH excluding ortho intramolecular Hbond substituents is 1. The van der Waals surface area contributed by atoms with E-state index in [2.05, 4.69) is 5.32 Å². The Morgan fingerprint density at radius 3 is 2.20 bits per heavy atom. The normalized spacial score (nSPS) is 11.6. The first kappa shape index (κ1) is 21.1. The lowest BCUT2D eigenvalue weighted by atomic mass is 9.99. The van der Waals surface area contributed by atoms with Gasteiger partial charge in [-0.05, 0) is 54.2 Å². The van der Waals surface area contributed by atoms with E-state index >= 15 is 0 Å². The molecule has 0 aromatic heterocycles. The number of carbonyl (C=O) groups excluding carboxylic acids is 1. The predicted octanol–water partition coefficient (Wildman–Crippen LogP) is 4.74. The monoisotopic (exact) mass is 403 g/mol. The molecule has 3 aromatic rings. The summed E-state index contributed by atoms with van der Waals surface area (Å²) in [7, 11) is 0. The van der Waals surface area contributed by atoms with Crippen LogP contribution in [0, 0.1) is 0 Å². The molecule has 0 aliphatic rings. The minimum absolute atomic E-state index is 0.0244. The molecule has 30 heavy (non-hydrogen) atoms. The zero-order chi connectivity index (χ0) is 21.5. The molecular weight excluding hydrogens is 378 g/mol. The van der Waals surface area contributed by atoms with E-state index < -0.39 is 5.97 Å². The summed E-state index contributed by atoms with van der Waals surface area (Å²) in [5, 5.41) is 21.8. The van der Waals surface area contributed by atoms with Gasteiger partial charge in [0.1, 0.15) is 5.75 Å². The first-order chi connectivity index (χ1) is 14.4. The summed E-state index contributed by atoms with van der Waals surface area (Å²) in [6, 6.07) is 22.5. The quantitative estimate of drug-likeness (QED) is 0.474. The van der Waals surface area contributed by atoms with Crippen molar-refractivity contribution in [2.24, 2.45) is 0 Å². The number of aromatic hydroxyl groups is 1. The predicted molar refractivity (Wildman–Crippen MR) is 117 cm³/mol. The van der Waals surface area contributed by atoms with Crippen molar-refractivity contribution in [2.75, 3.05) is 5.32 Å². The van der Waals surface area contributed by atoms with Crippen LogP contribution in [0.1, 0.15) is 41.5 Å². The highest BCUT2D eigenvalue weighted by atomic mass is 16.4. The molecule has 3 rings (SSSR count). The van der Waals surface area contributed by atoms with Crippen LogP contribution in [0.5, 0.6) is 5.75 Å². The highest BCUT2D eigenvalue weighted by Gasteiger charge is 2.16. The fraction of sp³-hybridized carbons (Fsp3) is 0.200. The maximum absolute atomic E-state index is 12.6. The van der Waals surface area contributed by atoms with Crippen LogP contribution < -0.4 is 5.32 Å². The third-order valence-corrected chi connectivity index (χ3v) is 5.07. The highest BCUT2D eigenvalue weighted by molar-refractivity contribution is 5.96. The summed E-state index contributed by atoms with van der Waals surface area (Å²) in [6.07, 6.45) is 1.25. The third-order valence-electron chi connectivity index (χ3n) is 5.07. The number of nitrogens with one attached hydrogen (secondary N) is 1. The molecule has 0 fully saturated rings. The van der Waals surface area contributed by atoms with Gasteiger partial charge in [-0.15, -0.1) is 0 Å². The number of rotatable bonds is 8. The van der Waals surface area contributed by atoms with Gasteiger partial charge in [-0.2, -0.15) is 0 Å². The van der Waals surface area contributed by atoms with E-state index in [-0.39, 0.29) is 24.0 Å². The van der Waals surface area contributed by atoms with Crippen LogP contribution in [0.3, 0.4) is 0 Å². The minimum atomic E-state index is -0.806. The Hall–Kier alpha value is -3.60. The summed E-state index contributed by atoms with van der Waals surface area (Å²) >= 11 is 0. The largest absolute Gasteiger partial charge is 0.506 e. The molecule has 1 unspecified atom stereocenters. The van der Waals surface area contributed by atoms with Gasteiger partial charge < -0.3 is 15.5 Å².